The molecule has 2 saturated carbocycles. The first-order valence-corrected chi connectivity index (χ1v) is 10.5. The number of halogens is 1. The van der Waals surface area contributed by atoms with Crippen molar-refractivity contribution in [2.75, 3.05) is 26.2 Å². The fraction of sp³-hybridized carbons (Fsp3) is 0.667. The maximum absolute atomic E-state index is 13.0. The number of piperazine rings is 1. The second kappa shape index (κ2) is 7.87. The Morgan fingerprint density at radius 2 is 1.65 bits per heavy atom. The first-order valence-electron chi connectivity index (χ1n) is 10.1. The summed E-state index contributed by atoms with van der Waals surface area (Å²) in [4.78, 5) is 17.6. The van der Waals surface area contributed by atoms with E-state index in [2.05, 4.69) is 21.9 Å². The number of nitrogens with two attached hydrogens (primary N) is 1. The molecule has 2 bridgehead atoms. The molecule has 1 aromatic rings. The number of fused-ring (bicyclic) bond motifs is 2. The molecular formula is C21H30ClN3O. The fourth-order valence-electron chi connectivity index (χ4n) is 5.22. The van der Waals surface area contributed by atoms with Crippen LogP contribution < -0.4 is 5.73 Å². The molecule has 5 heteroatoms. The predicted octanol–water partition coefficient (Wildman–Crippen LogP) is 3.14. The van der Waals surface area contributed by atoms with E-state index in [0.29, 0.717) is 23.8 Å². The summed E-state index contributed by atoms with van der Waals surface area (Å²) in [6.45, 7) is 4.54. The van der Waals surface area contributed by atoms with Gasteiger partial charge in [-0.25, -0.2) is 0 Å². The topological polar surface area (TPSA) is 49.6 Å². The normalized spacial score (nSPS) is 32.5. The Balaban J connectivity index is 1.29. The molecule has 2 N–H and O–H groups in total. The standard InChI is InChI=1S/C21H30ClN3O/c22-19-6-4-15(5-7-19)14-24-8-10-25(11-9-24)21(26)18-12-16-2-1-3-17(13-18)20(16)23/h4-7,16-18,20H,1-3,8-14,23H2. The Kier molecular flexibility index (Phi) is 5.53. The van der Waals surface area contributed by atoms with Crippen molar-refractivity contribution in [3.05, 3.63) is 34.9 Å². The minimum Gasteiger partial charge on any atom is -0.340 e. The molecule has 2 unspecified atom stereocenters. The zero-order valence-corrected chi connectivity index (χ0v) is 16.2. The van der Waals surface area contributed by atoms with Gasteiger partial charge in [-0.1, -0.05) is 30.2 Å². The van der Waals surface area contributed by atoms with Gasteiger partial charge < -0.3 is 10.6 Å². The summed E-state index contributed by atoms with van der Waals surface area (Å²) in [6.07, 6.45) is 5.77. The minimum atomic E-state index is 0.216. The molecule has 0 spiro atoms. The number of hydrogen-bond acceptors (Lipinski definition) is 3. The summed E-state index contributed by atoms with van der Waals surface area (Å²) in [5.41, 5.74) is 7.67. The zero-order valence-electron chi connectivity index (χ0n) is 15.4. The fourth-order valence-corrected chi connectivity index (χ4v) is 5.35. The number of benzene rings is 1. The number of nitrogens with zero attached hydrogens (tertiary/aromatic N) is 2. The predicted molar refractivity (Wildman–Crippen MR) is 105 cm³/mol. The third kappa shape index (κ3) is 3.92. The van der Waals surface area contributed by atoms with Crippen LogP contribution in [0.5, 0.6) is 0 Å². The Bertz CT molecular complexity index is 613. The van der Waals surface area contributed by atoms with Crippen molar-refractivity contribution in [2.45, 2.75) is 44.7 Å². The van der Waals surface area contributed by atoms with E-state index in [1.807, 2.05) is 12.1 Å². The Hall–Kier alpha value is -1.10. The van der Waals surface area contributed by atoms with Gasteiger partial charge in [0.1, 0.15) is 0 Å². The van der Waals surface area contributed by atoms with Crippen LogP contribution in [-0.2, 0) is 11.3 Å². The van der Waals surface area contributed by atoms with Crippen molar-refractivity contribution in [1.29, 1.82) is 0 Å². The van der Waals surface area contributed by atoms with Crippen LogP contribution in [0.3, 0.4) is 0 Å². The number of hydrogen-bond donors (Lipinski definition) is 1. The Morgan fingerprint density at radius 3 is 2.27 bits per heavy atom. The van der Waals surface area contributed by atoms with Gasteiger partial charge in [0, 0.05) is 49.7 Å². The smallest absolute Gasteiger partial charge is 0.225 e. The molecule has 1 aliphatic heterocycles. The van der Waals surface area contributed by atoms with E-state index >= 15 is 0 Å². The Labute approximate surface area is 161 Å². The molecule has 2 atom stereocenters. The van der Waals surface area contributed by atoms with E-state index in [1.165, 1.54) is 24.8 Å². The van der Waals surface area contributed by atoms with Crippen LogP contribution in [0.1, 0.15) is 37.7 Å². The molecule has 2 aliphatic carbocycles. The van der Waals surface area contributed by atoms with Gasteiger partial charge in [-0.3, -0.25) is 9.69 Å². The van der Waals surface area contributed by atoms with Crippen LogP contribution in [0.15, 0.2) is 24.3 Å². The summed E-state index contributed by atoms with van der Waals surface area (Å²) in [5, 5.41) is 0.779. The summed E-state index contributed by atoms with van der Waals surface area (Å²) in [6, 6.07) is 8.40. The summed E-state index contributed by atoms with van der Waals surface area (Å²) >= 11 is 5.96. The van der Waals surface area contributed by atoms with Gasteiger partial charge in [0.2, 0.25) is 5.91 Å². The van der Waals surface area contributed by atoms with Crippen molar-refractivity contribution in [3.8, 4) is 0 Å². The lowest BCUT2D eigenvalue weighted by molar-refractivity contribution is -0.140. The minimum absolute atomic E-state index is 0.216. The quantitative estimate of drug-likeness (QED) is 0.882. The van der Waals surface area contributed by atoms with Crippen molar-refractivity contribution >= 4 is 17.5 Å². The van der Waals surface area contributed by atoms with Gasteiger partial charge in [0.05, 0.1) is 0 Å². The van der Waals surface area contributed by atoms with Crippen molar-refractivity contribution in [2.24, 2.45) is 23.5 Å². The van der Waals surface area contributed by atoms with E-state index in [0.717, 1.165) is 50.6 Å². The van der Waals surface area contributed by atoms with Crippen molar-refractivity contribution in [3.63, 3.8) is 0 Å². The first kappa shape index (κ1) is 18.3. The molecule has 3 aliphatic rings. The first-order chi connectivity index (χ1) is 12.6. The van der Waals surface area contributed by atoms with E-state index in [9.17, 15) is 4.79 Å². The van der Waals surface area contributed by atoms with E-state index in [1.54, 1.807) is 0 Å². The summed E-state index contributed by atoms with van der Waals surface area (Å²) in [5.74, 6) is 1.75. The maximum atomic E-state index is 13.0. The third-order valence-electron chi connectivity index (χ3n) is 6.77. The van der Waals surface area contributed by atoms with Gasteiger partial charge in [-0.15, -0.1) is 0 Å². The molecule has 0 aromatic heterocycles. The molecule has 4 nitrogen and oxygen atoms in total. The molecule has 1 saturated heterocycles. The largest absolute Gasteiger partial charge is 0.340 e. The van der Waals surface area contributed by atoms with Gasteiger partial charge >= 0.3 is 0 Å². The third-order valence-corrected chi connectivity index (χ3v) is 7.02. The van der Waals surface area contributed by atoms with Crippen LogP contribution in [0.4, 0.5) is 0 Å². The average Bonchev–Trinajstić information content (AvgIpc) is 2.63. The van der Waals surface area contributed by atoms with Crippen molar-refractivity contribution in [1.82, 2.24) is 9.80 Å². The van der Waals surface area contributed by atoms with E-state index < -0.39 is 0 Å². The molecule has 1 aromatic carbocycles. The molecule has 1 amide bonds. The van der Waals surface area contributed by atoms with Crippen LogP contribution in [-0.4, -0.2) is 47.9 Å². The molecule has 142 valence electrons. The molecule has 3 fully saturated rings. The molecule has 1 heterocycles. The average molecular weight is 376 g/mol. The highest BCUT2D eigenvalue weighted by molar-refractivity contribution is 6.30. The molecule has 26 heavy (non-hydrogen) atoms. The van der Waals surface area contributed by atoms with Gasteiger partial charge in [-0.05, 0) is 55.2 Å². The van der Waals surface area contributed by atoms with E-state index in [-0.39, 0.29) is 5.92 Å². The molecule has 0 radical (unpaired) electrons. The Morgan fingerprint density at radius 1 is 1.04 bits per heavy atom. The lowest BCUT2D eigenvalue weighted by Crippen LogP contribution is -2.53. The van der Waals surface area contributed by atoms with E-state index in [4.69, 9.17) is 17.3 Å². The summed E-state index contributed by atoms with van der Waals surface area (Å²) in [7, 11) is 0. The molecule has 4 rings (SSSR count). The second-order valence-electron chi connectivity index (χ2n) is 8.42. The highest BCUT2D eigenvalue weighted by Crippen LogP contribution is 2.42. The van der Waals surface area contributed by atoms with Crippen LogP contribution in [0, 0.1) is 17.8 Å². The van der Waals surface area contributed by atoms with Gasteiger partial charge in [0.15, 0.2) is 0 Å². The lowest BCUT2D eigenvalue weighted by Gasteiger charge is -2.45. The van der Waals surface area contributed by atoms with Crippen LogP contribution >= 0.6 is 11.6 Å². The zero-order chi connectivity index (χ0) is 18.1. The number of amides is 1. The number of carbonyl (C=O) groups is 1. The van der Waals surface area contributed by atoms with Crippen molar-refractivity contribution < 1.29 is 4.79 Å². The molecular weight excluding hydrogens is 346 g/mol. The van der Waals surface area contributed by atoms with Crippen LogP contribution in [0.2, 0.25) is 5.02 Å². The highest BCUT2D eigenvalue weighted by atomic mass is 35.5. The highest BCUT2D eigenvalue weighted by Gasteiger charge is 2.41. The monoisotopic (exact) mass is 375 g/mol. The van der Waals surface area contributed by atoms with Crippen LogP contribution in [0.25, 0.3) is 0 Å². The number of rotatable bonds is 3. The second-order valence-corrected chi connectivity index (χ2v) is 8.86. The van der Waals surface area contributed by atoms with Gasteiger partial charge in [-0.2, -0.15) is 0 Å². The number of carbonyl (C=O) groups excluding carboxylic acids is 1. The SMILES string of the molecule is NC1C2CCCC1CC(C(=O)N1CCN(Cc3ccc(Cl)cc3)CC1)C2. The lowest BCUT2D eigenvalue weighted by atomic mass is 9.65. The van der Waals surface area contributed by atoms with Gasteiger partial charge in [0.25, 0.3) is 0 Å². The maximum Gasteiger partial charge on any atom is 0.225 e. The summed E-state index contributed by atoms with van der Waals surface area (Å²) < 4.78 is 0.